The molecule has 0 atom stereocenters. The van der Waals surface area contributed by atoms with Crippen LogP contribution in [0.1, 0.15) is 45.6 Å². The van der Waals surface area contributed by atoms with Gasteiger partial charge in [0.1, 0.15) is 0 Å². The fraction of sp³-hybridized carbons (Fsp3) is 0.500. The lowest BCUT2D eigenvalue weighted by Gasteiger charge is -2.35. The van der Waals surface area contributed by atoms with Gasteiger partial charge in [-0.3, -0.25) is 9.36 Å². The van der Waals surface area contributed by atoms with E-state index in [0.29, 0.717) is 10.2 Å². The molecule has 4 heteroatoms. The molecule has 0 bridgehead atoms. The molecule has 1 fully saturated rings. The van der Waals surface area contributed by atoms with E-state index in [9.17, 15) is 4.79 Å². The standard InChI is InChI=1S/C16H20N2OS/c1-16(2)9-7-11(8-10-16)18-14(19)12-5-3-4-6-13(12)17-15(18)20/h3-6,11H,7-10H2,1-2H3,(H,17,20). The second kappa shape index (κ2) is 4.85. The van der Waals surface area contributed by atoms with Gasteiger partial charge in [0.2, 0.25) is 0 Å². The van der Waals surface area contributed by atoms with Crippen LogP contribution in [0, 0.1) is 10.2 Å². The number of rotatable bonds is 1. The summed E-state index contributed by atoms with van der Waals surface area (Å²) in [6.45, 7) is 4.60. The molecule has 3 nitrogen and oxygen atoms in total. The molecule has 1 aliphatic carbocycles. The number of nitrogens with zero attached hydrogens (tertiary/aromatic N) is 1. The monoisotopic (exact) mass is 288 g/mol. The van der Waals surface area contributed by atoms with Gasteiger partial charge in [0.25, 0.3) is 5.56 Å². The summed E-state index contributed by atoms with van der Waals surface area (Å²) < 4.78 is 2.35. The third-order valence-electron chi connectivity index (χ3n) is 4.51. The maximum absolute atomic E-state index is 12.7. The third kappa shape index (κ3) is 2.33. The van der Waals surface area contributed by atoms with E-state index in [0.717, 1.165) is 36.6 Å². The summed E-state index contributed by atoms with van der Waals surface area (Å²) in [5.41, 5.74) is 1.27. The molecule has 1 aromatic heterocycles. The van der Waals surface area contributed by atoms with Gasteiger partial charge in [-0.25, -0.2) is 0 Å². The van der Waals surface area contributed by atoms with Crippen molar-refractivity contribution in [3.05, 3.63) is 39.4 Å². The first-order valence-electron chi connectivity index (χ1n) is 7.21. The first-order valence-corrected chi connectivity index (χ1v) is 7.62. The molecular formula is C16H20N2OS. The van der Waals surface area contributed by atoms with Gasteiger partial charge < -0.3 is 4.98 Å². The van der Waals surface area contributed by atoms with Crippen molar-refractivity contribution in [2.45, 2.75) is 45.6 Å². The van der Waals surface area contributed by atoms with Crippen molar-refractivity contribution in [3.8, 4) is 0 Å². The van der Waals surface area contributed by atoms with Gasteiger partial charge in [0, 0.05) is 6.04 Å². The average Bonchev–Trinajstić information content (AvgIpc) is 2.40. The molecule has 0 unspecified atom stereocenters. The number of hydrogen-bond donors (Lipinski definition) is 1. The predicted molar refractivity (Wildman–Crippen MR) is 84.7 cm³/mol. The number of fused-ring (bicyclic) bond motifs is 1. The van der Waals surface area contributed by atoms with E-state index in [-0.39, 0.29) is 11.6 Å². The van der Waals surface area contributed by atoms with E-state index in [1.807, 2.05) is 24.3 Å². The fourth-order valence-electron chi connectivity index (χ4n) is 3.15. The number of aromatic amines is 1. The van der Waals surface area contributed by atoms with Crippen molar-refractivity contribution >= 4 is 23.1 Å². The molecule has 0 amide bonds. The largest absolute Gasteiger partial charge is 0.332 e. The van der Waals surface area contributed by atoms with Gasteiger partial charge in [-0.1, -0.05) is 26.0 Å². The molecule has 0 aliphatic heterocycles. The van der Waals surface area contributed by atoms with Crippen molar-refractivity contribution < 1.29 is 0 Å². The summed E-state index contributed by atoms with van der Waals surface area (Å²) in [6.07, 6.45) is 4.35. The quantitative estimate of drug-likeness (QED) is 0.799. The Hall–Kier alpha value is -1.42. The molecule has 0 radical (unpaired) electrons. The van der Waals surface area contributed by atoms with Crippen LogP contribution >= 0.6 is 12.2 Å². The van der Waals surface area contributed by atoms with E-state index < -0.39 is 0 Å². The van der Waals surface area contributed by atoms with Gasteiger partial charge in [-0.2, -0.15) is 0 Å². The van der Waals surface area contributed by atoms with Gasteiger partial charge in [-0.15, -0.1) is 0 Å². The van der Waals surface area contributed by atoms with Gasteiger partial charge in [-0.05, 0) is 55.4 Å². The highest BCUT2D eigenvalue weighted by molar-refractivity contribution is 7.71. The van der Waals surface area contributed by atoms with Gasteiger partial charge in [0.15, 0.2) is 4.77 Å². The van der Waals surface area contributed by atoms with Crippen LogP contribution in [0.3, 0.4) is 0 Å². The molecule has 20 heavy (non-hydrogen) atoms. The van der Waals surface area contributed by atoms with Crippen molar-refractivity contribution in [2.75, 3.05) is 0 Å². The van der Waals surface area contributed by atoms with E-state index in [1.54, 1.807) is 4.57 Å². The SMILES string of the molecule is CC1(C)CCC(n2c(=S)[nH]c3ccccc3c2=O)CC1. The molecular weight excluding hydrogens is 268 g/mol. The zero-order valence-electron chi connectivity index (χ0n) is 12.0. The zero-order chi connectivity index (χ0) is 14.3. The molecule has 1 heterocycles. The summed E-state index contributed by atoms with van der Waals surface area (Å²) >= 11 is 5.41. The van der Waals surface area contributed by atoms with Crippen LogP contribution in [0.5, 0.6) is 0 Å². The Kier molecular flexibility index (Phi) is 3.28. The average molecular weight is 288 g/mol. The summed E-state index contributed by atoms with van der Waals surface area (Å²) in [6, 6.07) is 7.83. The summed E-state index contributed by atoms with van der Waals surface area (Å²) in [5, 5.41) is 0.728. The molecule has 1 N–H and O–H groups in total. The van der Waals surface area contributed by atoms with Crippen LogP contribution in [0.15, 0.2) is 29.1 Å². The Labute approximate surface area is 123 Å². The number of nitrogens with one attached hydrogen (secondary N) is 1. The van der Waals surface area contributed by atoms with Crippen LogP contribution < -0.4 is 5.56 Å². The lowest BCUT2D eigenvalue weighted by molar-refractivity contribution is 0.190. The summed E-state index contributed by atoms with van der Waals surface area (Å²) in [7, 11) is 0. The minimum Gasteiger partial charge on any atom is -0.332 e. The first kappa shape index (κ1) is 13.6. The second-order valence-corrected chi connectivity index (χ2v) is 6.93. The van der Waals surface area contributed by atoms with Crippen molar-refractivity contribution in [1.29, 1.82) is 0 Å². The molecule has 2 aromatic rings. The molecule has 0 saturated heterocycles. The van der Waals surface area contributed by atoms with Crippen molar-refractivity contribution in [1.82, 2.24) is 9.55 Å². The fourth-order valence-corrected chi connectivity index (χ4v) is 3.49. The Morgan fingerprint density at radius 3 is 2.60 bits per heavy atom. The summed E-state index contributed by atoms with van der Waals surface area (Å²) in [5.74, 6) is 0. The zero-order valence-corrected chi connectivity index (χ0v) is 12.8. The van der Waals surface area contributed by atoms with Crippen molar-refractivity contribution in [2.24, 2.45) is 5.41 Å². The number of hydrogen-bond acceptors (Lipinski definition) is 2. The molecule has 0 spiro atoms. The second-order valence-electron chi connectivity index (χ2n) is 6.55. The van der Waals surface area contributed by atoms with Crippen LogP contribution in [-0.4, -0.2) is 9.55 Å². The maximum atomic E-state index is 12.7. The van der Waals surface area contributed by atoms with Crippen LogP contribution in [0.25, 0.3) is 10.9 Å². The van der Waals surface area contributed by atoms with Crippen LogP contribution in [0.2, 0.25) is 0 Å². The lowest BCUT2D eigenvalue weighted by atomic mass is 9.75. The maximum Gasteiger partial charge on any atom is 0.262 e. The highest BCUT2D eigenvalue weighted by atomic mass is 32.1. The van der Waals surface area contributed by atoms with Gasteiger partial charge in [0.05, 0.1) is 10.9 Å². The first-order chi connectivity index (χ1) is 9.48. The Balaban J connectivity index is 2.09. The Morgan fingerprint density at radius 1 is 1.25 bits per heavy atom. The number of H-pyrrole nitrogens is 1. The van der Waals surface area contributed by atoms with Crippen LogP contribution in [-0.2, 0) is 0 Å². The van der Waals surface area contributed by atoms with E-state index in [4.69, 9.17) is 12.2 Å². The number of para-hydroxylation sites is 1. The lowest BCUT2D eigenvalue weighted by Crippen LogP contribution is -2.31. The van der Waals surface area contributed by atoms with E-state index in [1.165, 1.54) is 0 Å². The molecule has 1 aliphatic rings. The van der Waals surface area contributed by atoms with E-state index in [2.05, 4.69) is 18.8 Å². The van der Waals surface area contributed by atoms with Gasteiger partial charge >= 0.3 is 0 Å². The number of benzene rings is 1. The highest BCUT2D eigenvalue weighted by Gasteiger charge is 2.28. The molecule has 3 rings (SSSR count). The van der Waals surface area contributed by atoms with Crippen molar-refractivity contribution in [3.63, 3.8) is 0 Å². The molecule has 1 aromatic carbocycles. The molecule has 106 valence electrons. The highest BCUT2D eigenvalue weighted by Crippen LogP contribution is 2.39. The van der Waals surface area contributed by atoms with E-state index >= 15 is 0 Å². The third-order valence-corrected chi connectivity index (χ3v) is 4.81. The minimum atomic E-state index is 0.0501. The molecule has 1 saturated carbocycles. The Bertz CT molecular complexity index is 747. The Morgan fingerprint density at radius 2 is 1.90 bits per heavy atom. The topological polar surface area (TPSA) is 37.8 Å². The summed E-state index contributed by atoms with van der Waals surface area (Å²) in [4.78, 5) is 15.9. The number of aromatic nitrogens is 2. The normalized spacial score (nSPS) is 19.3. The smallest absolute Gasteiger partial charge is 0.262 e. The minimum absolute atomic E-state index is 0.0501. The predicted octanol–water partition coefficient (Wildman–Crippen LogP) is 4.20. The van der Waals surface area contributed by atoms with Crippen LogP contribution in [0.4, 0.5) is 0 Å².